The minimum absolute atomic E-state index is 0.217. The van der Waals surface area contributed by atoms with Crippen molar-refractivity contribution in [1.82, 2.24) is 15.3 Å². The molecular weight excluding hydrogens is 182 g/mol. The van der Waals surface area contributed by atoms with Crippen molar-refractivity contribution >= 4 is 16.9 Å². The molecule has 5 heteroatoms. The number of hydrogen-bond acceptors (Lipinski definition) is 2. The summed E-state index contributed by atoms with van der Waals surface area (Å²) in [5.74, 6) is -0.217. The highest BCUT2D eigenvalue weighted by Crippen LogP contribution is 2.12. The van der Waals surface area contributed by atoms with E-state index in [1.165, 1.54) is 0 Å². The normalized spacial score (nSPS) is 10.4. The number of aromatic nitrogens is 2. The van der Waals surface area contributed by atoms with Crippen LogP contribution in [0.5, 0.6) is 0 Å². The molecule has 2 rings (SSSR count). The fourth-order valence-electron chi connectivity index (χ4n) is 1.38. The van der Waals surface area contributed by atoms with Crippen LogP contribution in [0.25, 0.3) is 11.0 Å². The number of fused-ring (bicyclic) bond motifs is 1. The van der Waals surface area contributed by atoms with Crippen LogP contribution in [0.4, 0.5) is 0 Å². The quantitative estimate of drug-likeness (QED) is 0.602. The summed E-state index contributed by atoms with van der Waals surface area (Å²) >= 11 is 0. The van der Waals surface area contributed by atoms with E-state index < -0.39 is 0 Å². The van der Waals surface area contributed by atoms with Gasteiger partial charge in [-0.15, -0.1) is 0 Å². The molecule has 1 amide bonds. The third kappa shape index (κ3) is 1.19. The van der Waals surface area contributed by atoms with Crippen LogP contribution < -0.4 is 11.0 Å². The number of carbonyl (C=O) groups excluding carboxylic acids is 1. The number of aromatic amines is 2. The number of imidazole rings is 1. The molecule has 0 spiro atoms. The first-order chi connectivity index (χ1) is 6.72. The first kappa shape index (κ1) is 8.55. The molecule has 0 aliphatic heterocycles. The van der Waals surface area contributed by atoms with Gasteiger partial charge in [0.2, 0.25) is 0 Å². The van der Waals surface area contributed by atoms with Crippen molar-refractivity contribution in [3.8, 4) is 0 Å². The second-order valence-electron chi connectivity index (χ2n) is 2.89. The number of benzene rings is 1. The minimum Gasteiger partial charge on any atom is -0.355 e. The first-order valence-corrected chi connectivity index (χ1v) is 4.15. The van der Waals surface area contributed by atoms with Crippen LogP contribution in [-0.4, -0.2) is 22.9 Å². The van der Waals surface area contributed by atoms with Crippen molar-refractivity contribution in [2.24, 2.45) is 0 Å². The van der Waals surface area contributed by atoms with Gasteiger partial charge in [-0.05, 0) is 12.1 Å². The molecule has 0 aliphatic rings. The van der Waals surface area contributed by atoms with Gasteiger partial charge in [-0.3, -0.25) is 4.79 Å². The Kier molecular flexibility index (Phi) is 1.85. The minimum atomic E-state index is -0.309. The molecule has 0 unspecified atom stereocenters. The zero-order valence-electron chi connectivity index (χ0n) is 7.55. The summed E-state index contributed by atoms with van der Waals surface area (Å²) in [5.41, 5.74) is 1.33. The second-order valence-corrected chi connectivity index (χ2v) is 2.89. The van der Waals surface area contributed by atoms with E-state index in [0.29, 0.717) is 16.6 Å². The van der Waals surface area contributed by atoms with Crippen LogP contribution in [0.3, 0.4) is 0 Å². The molecule has 5 nitrogen and oxygen atoms in total. The summed E-state index contributed by atoms with van der Waals surface area (Å²) in [5, 5.41) is 2.51. The van der Waals surface area contributed by atoms with Crippen LogP contribution in [-0.2, 0) is 0 Å². The predicted molar refractivity (Wildman–Crippen MR) is 52.3 cm³/mol. The molecular formula is C9H9N3O2. The van der Waals surface area contributed by atoms with Crippen molar-refractivity contribution in [3.63, 3.8) is 0 Å². The molecule has 2 aromatic rings. The number of carbonyl (C=O) groups is 1. The number of hydrogen-bond donors (Lipinski definition) is 3. The van der Waals surface area contributed by atoms with Crippen molar-refractivity contribution in [1.29, 1.82) is 0 Å². The molecule has 1 aromatic carbocycles. The van der Waals surface area contributed by atoms with E-state index >= 15 is 0 Å². The van der Waals surface area contributed by atoms with Gasteiger partial charge in [0, 0.05) is 7.05 Å². The van der Waals surface area contributed by atoms with Gasteiger partial charge in [-0.2, -0.15) is 0 Å². The van der Waals surface area contributed by atoms with Crippen molar-refractivity contribution in [2.75, 3.05) is 7.05 Å². The van der Waals surface area contributed by atoms with Gasteiger partial charge in [0.1, 0.15) is 0 Å². The molecule has 0 radical (unpaired) electrons. The first-order valence-electron chi connectivity index (χ1n) is 4.15. The van der Waals surface area contributed by atoms with Gasteiger partial charge < -0.3 is 15.3 Å². The highest BCUT2D eigenvalue weighted by Gasteiger charge is 2.09. The Balaban J connectivity index is 2.76. The number of para-hydroxylation sites is 1. The third-order valence-electron chi connectivity index (χ3n) is 2.02. The standard InChI is InChI=1S/C9H9N3O2/c1-10-8(13)5-3-2-4-6-7(5)12-9(14)11-6/h2-4H,1H3,(H,10,13)(H2,11,12,14). The highest BCUT2D eigenvalue weighted by molar-refractivity contribution is 6.04. The maximum Gasteiger partial charge on any atom is 0.323 e. The summed E-state index contributed by atoms with van der Waals surface area (Å²) in [4.78, 5) is 27.6. The Morgan fingerprint density at radius 3 is 2.86 bits per heavy atom. The Morgan fingerprint density at radius 1 is 1.36 bits per heavy atom. The molecule has 14 heavy (non-hydrogen) atoms. The third-order valence-corrected chi connectivity index (χ3v) is 2.02. The summed E-state index contributed by atoms with van der Waals surface area (Å²) in [6, 6.07) is 5.11. The van der Waals surface area contributed by atoms with E-state index in [4.69, 9.17) is 0 Å². The zero-order valence-corrected chi connectivity index (χ0v) is 7.55. The van der Waals surface area contributed by atoms with E-state index in [0.717, 1.165) is 0 Å². The second kappa shape index (κ2) is 3.02. The Labute approximate surface area is 79.1 Å². The number of rotatable bonds is 1. The fourth-order valence-corrected chi connectivity index (χ4v) is 1.38. The van der Waals surface area contributed by atoms with E-state index in [9.17, 15) is 9.59 Å². The summed E-state index contributed by atoms with van der Waals surface area (Å²) < 4.78 is 0. The Hall–Kier alpha value is -2.04. The van der Waals surface area contributed by atoms with Gasteiger partial charge in [0.15, 0.2) is 0 Å². The Morgan fingerprint density at radius 2 is 2.14 bits per heavy atom. The van der Waals surface area contributed by atoms with Crippen LogP contribution in [0.2, 0.25) is 0 Å². The van der Waals surface area contributed by atoms with Crippen LogP contribution in [0.15, 0.2) is 23.0 Å². The van der Waals surface area contributed by atoms with Crippen LogP contribution in [0.1, 0.15) is 10.4 Å². The molecule has 1 aromatic heterocycles. The van der Waals surface area contributed by atoms with E-state index in [-0.39, 0.29) is 11.6 Å². The van der Waals surface area contributed by atoms with Gasteiger partial charge in [-0.25, -0.2) is 4.79 Å². The monoisotopic (exact) mass is 191 g/mol. The molecule has 72 valence electrons. The van der Waals surface area contributed by atoms with Crippen molar-refractivity contribution < 1.29 is 4.79 Å². The van der Waals surface area contributed by atoms with E-state index in [1.807, 2.05) is 0 Å². The molecule has 3 N–H and O–H groups in total. The fraction of sp³-hybridized carbons (Fsp3) is 0.111. The highest BCUT2D eigenvalue weighted by atomic mass is 16.2. The van der Waals surface area contributed by atoms with Gasteiger partial charge in [0.05, 0.1) is 16.6 Å². The number of H-pyrrole nitrogens is 2. The number of nitrogens with one attached hydrogen (secondary N) is 3. The van der Waals surface area contributed by atoms with Gasteiger partial charge >= 0.3 is 5.69 Å². The summed E-state index contributed by atoms with van der Waals surface area (Å²) in [6.07, 6.45) is 0. The molecule has 1 heterocycles. The Bertz CT molecular complexity index is 538. The van der Waals surface area contributed by atoms with Crippen molar-refractivity contribution in [3.05, 3.63) is 34.2 Å². The van der Waals surface area contributed by atoms with Gasteiger partial charge in [0.25, 0.3) is 5.91 Å². The van der Waals surface area contributed by atoms with Crippen LogP contribution in [0, 0.1) is 0 Å². The average Bonchev–Trinajstić information content (AvgIpc) is 2.56. The predicted octanol–water partition coefficient (Wildman–Crippen LogP) is 0.216. The van der Waals surface area contributed by atoms with Crippen LogP contribution >= 0.6 is 0 Å². The smallest absolute Gasteiger partial charge is 0.323 e. The molecule has 0 atom stereocenters. The SMILES string of the molecule is CNC(=O)c1cccc2[nH]c(=O)[nH]c12. The topological polar surface area (TPSA) is 77.8 Å². The average molecular weight is 191 g/mol. The zero-order chi connectivity index (χ0) is 10.1. The lowest BCUT2D eigenvalue weighted by atomic mass is 10.2. The number of amides is 1. The van der Waals surface area contributed by atoms with E-state index in [1.54, 1.807) is 25.2 Å². The lowest BCUT2D eigenvalue weighted by Gasteiger charge is -1.99. The van der Waals surface area contributed by atoms with Gasteiger partial charge in [-0.1, -0.05) is 6.07 Å². The molecule has 0 saturated heterocycles. The summed E-state index contributed by atoms with van der Waals surface area (Å²) in [7, 11) is 1.55. The lowest BCUT2D eigenvalue weighted by Crippen LogP contribution is -2.18. The lowest BCUT2D eigenvalue weighted by molar-refractivity contribution is 0.0964. The van der Waals surface area contributed by atoms with E-state index in [2.05, 4.69) is 15.3 Å². The maximum absolute atomic E-state index is 11.4. The maximum atomic E-state index is 11.4. The summed E-state index contributed by atoms with van der Waals surface area (Å²) in [6.45, 7) is 0. The largest absolute Gasteiger partial charge is 0.355 e. The molecule has 0 fully saturated rings. The molecule has 0 bridgehead atoms. The van der Waals surface area contributed by atoms with Crippen molar-refractivity contribution in [2.45, 2.75) is 0 Å². The molecule has 0 aliphatic carbocycles. The molecule has 0 saturated carbocycles.